The zero-order chi connectivity index (χ0) is 28.1. The smallest absolute Gasteiger partial charge is 0.479 e. The van der Waals surface area contributed by atoms with Crippen LogP contribution in [0.4, 0.5) is 13.2 Å². The van der Waals surface area contributed by atoms with Gasteiger partial charge in [-0.2, -0.15) is 5.10 Å². The van der Waals surface area contributed by atoms with Crippen LogP contribution in [0.15, 0.2) is 67.1 Å². The minimum absolute atomic E-state index is 0.0116. The quantitative estimate of drug-likeness (QED) is 0.354. The Morgan fingerprint density at radius 3 is 2.58 bits per heavy atom. The molecule has 2 aromatic carbocycles. The number of hydrogen-bond acceptors (Lipinski definition) is 7. The van der Waals surface area contributed by atoms with Crippen molar-refractivity contribution in [2.24, 2.45) is 0 Å². The van der Waals surface area contributed by atoms with Crippen molar-refractivity contribution in [1.82, 2.24) is 14.7 Å². The van der Waals surface area contributed by atoms with Gasteiger partial charge in [-0.15, -0.1) is 0 Å². The fourth-order valence-electron chi connectivity index (χ4n) is 5.71. The van der Waals surface area contributed by atoms with Gasteiger partial charge in [0.05, 0.1) is 18.3 Å². The van der Waals surface area contributed by atoms with Gasteiger partial charge in [0.1, 0.15) is 12.4 Å². The number of aryl methyl sites for hydroxylation is 1. The third kappa shape index (κ3) is 4.19. The molecule has 4 heterocycles. The van der Waals surface area contributed by atoms with Crippen LogP contribution in [-0.4, -0.2) is 33.2 Å². The number of ether oxygens (including phenoxy) is 1. The van der Waals surface area contributed by atoms with Crippen LogP contribution in [0.5, 0.6) is 5.75 Å². The molecule has 0 bridgehead atoms. The Hall–Kier alpha value is -4.61. The minimum atomic E-state index is -1.08. The average Bonchev–Trinajstić information content (AvgIpc) is 3.54. The lowest BCUT2D eigenvalue weighted by Crippen LogP contribution is -2.51. The van der Waals surface area contributed by atoms with E-state index in [4.69, 9.17) is 13.6 Å². The molecule has 4 aromatic rings. The molecule has 1 unspecified atom stereocenters. The fraction of sp³-hybridized carbons (Fsp3) is 0.286. The SMILES string of the molecule is Cc1oc(=O)oc1COc1c2n(ncc1=O)[C@@H](C(c1ccc(F)cc1)c1cccc(F)c1F)[C@H]1CCCN1C2=O. The van der Waals surface area contributed by atoms with E-state index in [1.807, 2.05) is 0 Å². The first-order chi connectivity index (χ1) is 19.2. The lowest BCUT2D eigenvalue weighted by Gasteiger charge is -2.42. The molecule has 2 aromatic heterocycles. The molecule has 1 fully saturated rings. The molecule has 1 amide bonds. The highest BCUT2D eigenvalue weighted by atomic mass is 19.2. The number of carbonyl (C=O) groups is 1. The number of carbonyl (C=O) groups excluding carboxylic acids is 1. The predicted molar refractivity (Wildman–Crippen MR) is 133 cm³/mol. The second kappa shape index (κ2) is 9.85. The number of hydrogen-bond donors (Lipinski definition) is 0. The molecule has 6 rings (SSSR count). The minimum Gasteiger partial charge on any atom is -0.479 e. The maximum Gasteiger partial charge on any atom is 0.519 e. The number of fused-ring (bicyclic) bond motifs is 2. The second-order valence-corrected chi connectivity index (χ2v) is 9.72. The summed E-state index contributed by atoms with van der Waals surface area (Å²) in [5.74, 6) is -5.19. The Morgan fingerprint density at radius 2 is 1.85 bits per heavy atom. The van der Waals surface area contributed by atoms with Crippen molar-refractivity contribution in [2.75, 3.05) is 6.54 Å². The van der Waals surface area contributed by atoms with Crippen molar-refractivity contribution in [1.29, 1.82) is 0 Å². The van der Waals surface area contributed by atoms with Crippen LogP contribution in [0.1, 0.15) is 57.9 Å². The van der Waals surface area contributed by atoms with E-state index < -0.39 is 52.6 Å². The van der Waals surface area contributed by atoms with Crippen LogP contribution in [-0.2, 0) is 6.61 Å². The van der Waals surface area contributed by atoms with E-state index in [1.165, 1.54) is 48.0 Å². The van der Waals surface area contributed by atoms with Gasteiger partial charge < -0.3 is 18.5 Å². The molecule has 0 radical (unpaired) electrons. The van der Waals surface area contributed by atoms with E-state index in [0.29, 0.717) is 24.9 Å². The summed E-state index contributed by atoms with van der Waals surface area (Å²) in [5, 5.41) is 4.28. The summed E-state index contributed by atoms with van der Waals surface area (Å²) >= 11 is 0. The molecule has 2 aliphatic heterocycles. The molecular formula is C28H22F3N3O6. The van der Waals surface area contributed by atoms with Gasteiger partial charge in [-0.3, -0.25) is 14.3 Å². The summed E-state index contributed by atoms with van der Waals surface area (Å²) in [7, 11) is 0. The monoisotopic (exact) mass is 553 g/mol. The maximum absolute atomic E-state index is 15.4. The maximum atomic E-state index is 15.4. The molecule has 1 saturated heterocycles. The Kier molecular flexibility index (Phi) is 6.32. The normalized spacial score (nSPS) is 18.9. The number of rotatable bonds is 6. The molecule has 0 spiro atoms. The summed E-state index contributed by atoms with van der Waals surface area (Å²) in [4.78, 5) is 39.7. The Labute approximate surface area is 224 Å². The largest absolute Gasteiger partial charge is 0.519 e. The van der Waals surface area contributed by atoms with Crippen LogP contribution in [0.3, 0.4) is 0 Å². The zero-order valence-electron chi connectivity index (χ0n) is 21.1. The van der Waals surface area contributed by atoms with Crippen molar-refractivity contribution in [3.8, 4) is 5.75 Å². The van der Waals surface area contributed by atoms with Gasteiger partial charge in [-0.25, -0.2) is 18.0 Å². The first-order valence-corrected chi connectivity index (χ1v) is 12.6. The van der Waals surface area contributed by atoms with Gasteiger partial charge in [0, 0.05) is 18.0 Å². The van der Waals surface area contributed by atoms with Crippen LogP contribution in [0.25, 0.3) is 0 Å². The van der Waals surface area contributed by atoms with Gasteiger partial charge in [-0.1, -0.05) is 24.3 Å². The van der Waals surface area contributed by atoms with Crippen molar-refractivity contribution in [2.45, 2.75) is 44.4 Å². The van der Waals surface area contributed by atoms with E-state index in [9.17, 15) is 23.2 Å². The van der Waals surface area contributed by atoms with Crippen LogP contribution in [0.2, 0.25) is 0 Å². The topological polar surface area (TPSA) is 108 Å². The molecule has 3 atom stereocenters. The lowest BCUT2D eigenvalue weighted by atomic mass is 9.79. The highest BCUT2D eigenvalue weighted by Gasteiger charge is 2.49. The van der Waals surface area contributed by atoms with Crippen LogP contribution in [0, 0.1) is 24.4 Å². The van der Waals surface area contributed by atoms with Gasteiger partial charge in [0.2, 0.25) is 5.43 Å². The fourth-order valence-corrected chi connectivity index (χ4v) is 5.71. The van der Waals surface area contributed by atoms with Crippen molar-refractivity contribution in [3.63, 3.8) is 0 Å². The standard InChI is InChI=1S/C28H22F3N3O6/c1-14-21(40-28(37)39-14)13-38-26-20(35)12-32-34-24(19-6-3-11-33(19)27(36)25(26)34)22(15-7-9-16(29)10-8-15)17-4-2-5-18(30)23(17)31/h2,4-5,7-10,12,19,22,24H,3,6,11,13H2,1H3/t19-,22?,24-/m1/s1. The first kappa shape index (κ1) is 25.7. The molecule has 2 aliphatic rings. The highest BCUT2D eigenvalue weighted by molar-refractivity contribution is 5.96. The molecule has 0 N–H and O–H groups in total. The Morgan fingerprint density at radius 1 is 1.07 bits per heavy atom. The molecular weight excluding hydrogens is 531 g/mol. The molecule has 0 saturated carbocycles. The van der Waals surface area contributed by atoms with Gasteiger partial charge in [0.25, 0.3) is 5.91 Å². The predicted octanol–water partition coefficient (Wildman–Crippen LogP) is 4.09. The lowest BCUT2D eigenvalue weighted by molar-refractivity contribution is 0.0559. The summed E-state index contributed by atoms with van der Waals surface area (Å²) < 4.78 is 60.6. The molecule has 0 aliphatic carbocycles. The zero-order valence-corrected chi connectivity index (χ0v) is 21.1. The van der Waals surface area contributed by atoms with Crippen LogP contribution < -0.4 is 16.0 Å². The van der Waals surface area contributed by atoms with Crippen molar-refractivity contribution in [3.05, 3.63) is 115 Å². The molecule has 12 heteroatoms. The molecule has 9 nitrogen and oxygen atoms in total. The van der Waals surface area contributed by atoms with Gasteiger partial charge in [0.15, 0.2) is 34.6 Å². The van der Waals surface area contributed by atoms with E-state index >= 15 is 4.39 Å². The first-order valence-electron chi connectivity index (χ1n) is 12.6. The van der Waals surface area contributed by atoms with E-state index in [-0.39, 0.29) is 35.1 Å². The summed E-state index contributed by atoms with van der Waals surface area (Å²) in [6, 6.07) is 7.89. The van der Waals surface area contributed by atoms with E-state index in [2.05, 4.69) is 5.10 Å². The average molecular weight is 553 g/mol. The third-order valence-corrected chi connectivity index (χ3v) is 7.48. The second-order valence-electron chi connectivity index (χ2n) is 9.72. The Bertz CT molecular complexity index is 1730. The van der Waals surface area contributed by atoms with E-state index in [1.54, 1.807) is 4.90 Å². The number of halogens is 3. The van der Waals surface area contributed by atoms with Gasteiger partial charge in [-0.05, 0) is 43.5 Å². The number of nitrogens with zero attached hydrogens (tertiary/aromatic N) is 3. The number of amides is 1. The molecule has 206 valence electrons. The van der Waals surface area contributed by atoms with Crippen LogP contribution >= 0.6 is 0 Å². The number of benzene rings is 2. The van der Waals surface area contributed by atoms with Gasteiger partial charge >= 0.3 is 5.82 Å². The molecule has 40 heavy (non-hydrogen) atoms. The number of aromatic nitrogens is 2. The Balaban J connectivity index is 1.55. The van der Waals surface area contributed by atoms with Crippen molar-refractivity contribution < 1.29 is 31.5 Å². The van der Waals surface area contributed by atoms with E-state index in [0.717, 1.165) is 12.3 Å². The third-order valence-electron chi connectivity index (χ3n) is 7.48. The van der Waals surface area contributed by atoms with Crippen molar-refractivity contribution >= 4 is 5.91 Å². The highest BCUT2D eigenvalue weighted by Crippen LogP contribution is 2.46. The summed E-state index contributed by atoms with van der Waals surface area (Å²) in [6.07, 6.45) is 2.14. The summed E-state index contributed by atoms with van der Waals surface area (Å²) in [5.41, 5.74) is -0.429. The summed E-state index contributed by atoms with van der Waals surface area (Å²) in [6.45, 7) is 1.46.